The minimum atomic E-state index is -0.314. The third kappa shape index (κ3) is 26.3. The number of ether oxygens (including phenoxy) is 10. The number of hydrogen-bond donors (Lipinski definition) is 1. The molecular weight excluding hydrogens is 542 g/mol. The fourth-order valence-corrected chi connectivity index (χ4v) is 2.94. The van der Waals surface area contributed by atoms with Crippen molar-refractivity contribution in [3.05, 3.63) is 24.3 Å². The first-order chi connectivity index (χ1) is 20.1. The van der Waals surface area contributed by atoms with Gasteiger partial charge in [0.2, 0.25) is 5.91 Å². The largest absolute Gasteiger partial charge is 0.491 e. The lowest BCUT2D eigenvalue weighted by molar-refractivity contribution is -0.142. The number of rotatable bonds is 29. The Morgan fingerprint density at radius 2 is 0.805 bits per heavy atom. The molecule has 0 aromatic heterocycles. The topological polar surface area (TPSA) is 138 Å². The number of hydrogen-bond acceptors (Lipinski definition) is 12. The van der Waals surface area contributed by atoms with Crippen molar-refractivity contribution in [3.63, 3.8) is 0 Å². The minimum Gasteiger partial charge on any atom is -0.491 e. The Kier molecular flexibility index (Phi) is 24.9. The number of carbonyl (C=O) groups is 2. The molecule has 13 heteroatoms. The predicted octanol–water partition coefficient (Wildman–Crippen LogP) is 1.72. The van der Waals surface area contributed by atoms with Gasteiger partial charge in [-0.1, -0.05) is 0 Å². The van der Waals surface area contributed by atoms with Gasteiger partial charge in [0.25, 0.3) is 0 Å². The SMILES string of the molecule is CC(=O)Nc1ccc(OCCOCCOCCOCCOCCOCCOCCOCCOCCOC(C)=O)cc1. The van der Waals surface area contributed by atoms with Gasteiger partial charge in [0.05, 0.1) is 106 Å². The standard InChI is InChI=1S/C28H47NO12/c1-25(30)29-27-3-5-28(6-4-27)41-24-22-39-20-18-37-16-14-35-12-10-33-8-7-32-9-11-34-13-15-36-17-19-38-21-23-40-26(2)31/h3-6H,7-24H2,1-2H3,(H,29,30). The molecule has 1 rings (SSSR count). The van der Waals surface area contributed by atoms with E-state index in [4.69, 9.17) is 47.4 Å². The second-order valence-corrected chi connectivity index (χ2v) is 8.29. The van der Waals surface area contributed by atoms with E-state index in [0.29, 0.717) is 118 Å². The van der Waals surface area contributed by atoms with Crippen LogP contribution in [0.4, 0.5) is 5.69 Å². The molecule has 0 unspecified atom stereocenters. The molecule has 0 aliphatic heterocycles. The van der Waals surface area contributed by atoms with Crippen LogP contribution in [0.5, 0.6) is 5.75 Å². The number of amides is 1. The van der Waals surface area contributed by atoms with E-state index in [1.54, 1.807) is 24.3 Å². The van der Waals surface area contributed by atoms with E-state index in [2.05, 4.69) is 5.32 Å². The van der Waals surface area contributed by atoms with Crippen LogP contribution in [0.1, 0.15) is 13.8 Å². The maximum Gasteiger partial charge on any atom is 0.302 e. The fraction of sp³-hybridized carbons (Fsp3) is 0.714. The van der Waals surface area contributed by atoms with Crippen molar-refractivity contribution in [2.75, 3.05) is 124 Å². The normalized spacial score (nSPS) is 11.0. The van der Waals surface area contributed by atoms with E-state index in [-0.39, 0.29) is 18.5 Å². The number of nitrogens with one attached hydrogen (secondary N) is 1. The van der Waals surface area contributed by atoms with E-state index in [9.17, 15) is 9.59 Å². The maximum absolute atomic E-state index is 11.0. The Labute approximate surface area is 242 Å². The van der Waals surface area contributed by atoms with Crippen LogP contribution in [0.25, 0.3) is 0 Å². The summed E-state index contributed by atoms with van der Waals surface area (Å²) in [7, 11) is 0. The van der Waals surface area contributed by atoms with Crippen LogP contribution in [0.15, 0.2) is 24.3 Å². The third-order valence-corrected chi connectivity index (χ3v) is 4.81. The highest BCUT2D eigenvalue weighted by Crippen LogP contribution is 2.15. The van der Waals surface area contributed by atoms with Crippen LogP contribution < -0.4 is 10.1 Å². The average molecular weight is 590 g/mol. The molecule has 41 heavy (non-hydrogen) atoms. The molecule has 0 aliphatic carbocycles. The van der Waals surface area contributed by atoms with Crippen molar-refractivity contribution in [2.45, 2.75) is 13.8 Å². The summed E-state index contributed by atoms with van der Waals surface area (Å²) in [6.07, 6.45) is 0. The van der Waals surface area contributed by atoms with Crippen LogP contribution in [0.2, 0.25) is 0 Å². The molecule has 236 valence electrons. The molecule has 13 nitrogen and oxygen atoms in total. The summed E-state index contributed by atoms with van der Waals surface area (Å²) in [5, 5.41) is 2.70. The Morgan fingerprint density at radius 1 is 0.488 bits per heavy atom. The van der Waals surface area contributed by atoms with Gasteiger partial charge in [-0.25, -0.2) is 0 Å². The fourth-order valence-electron chi connectivity index (χ4n) is 2.94. The van der Waals surface area contributed by atoms with Crippen molar-refractivity contribution in [3.8, 4) is 5.75 Å². The number of anilines is 1. The van der Waals surface area contributed by atoms with Gasteiger partial charge in [0, 0.05) is 19.5 Å². The monoisotopic (exact) mass is 589 g/mol. The molecule has 1 aromatic rings. The molecule has 1 amide bonds. The third-order valence-electron chi connectivity index (χ3n) is 4.81. The van der Waals surface area contributed by atoms with Gasteiger partial charge in [-0.2, -0.15) is 0 Å². The molecule has 0 bridgehead atoms. The second-order valence-electron chi connectivity index (χ2n) is 8.29. The van der Waals surface area contributed by atoms with Crippen molar-refractivity contribution in [2.24, 2.45) is 0 Å². The Balaban J connectivity index is 1.69. The summed E-state index contributed by atoms with van der Waals surface area (Å²) in [6, 6.07) is 7.16. The van der Waals surface area contributed by atoms with Crippen LogP contribution in [-0.4, -0.2) is 131 Å². The van der Waals surface area contributed by atoms with E-state index in [1.165, 1.54) is 13.8 Å². The van der Waals surface area contributed by atoms with Gasteiger partial charge in [-0.15, -0.1) is 0 Å². The van der Waals surface area contributed by atoms with Gasteiger partial charge < -0.3 is 52.7 Å². The highest BCUT2D eigenvalue weighted by atomic mass is 16.6. The first-order valence-electron chi connectivity index (χ1n) is 13.8. The van der Waals surface area contributed by atoms with Crippen molar-refractivity contribution in [1.82, 2.24) is 0 Å². The number of esters is 1. The first-order valence-corrected chi connectivity index (χ1v) is 13.8. The first kappa shape index (κ1) is 36.7. The summed E-state index contributed by atoms with van der Waals surface area (Å²) in [5.74, 6) is 0.290. The van der Waals surface area contributed by atoms with Gasteiger partial charge in [-0.3, -0.25) is 9.59 Å². The Hall–Kier alpha value is -2.36. The zero-order chi connectivity index (χ0) is 29.6. The Bertz CT molecular complexity index is 750. The molecule has 0 fully saturated rings. The number of carbonyl (C=O) groups excluding carboxylic acids is 2. The summed E-state index contributed by atoms with van der Waals surface area (Å²) in [6.45, 7) is 11.1. The molecular formula is C28H47NO12. The lowest BCUT2D eigenvalue weighted by atomic mass is 10.3. The van der Waals surface area contributed by atoms with Crippen molar-refractivity contribution in [1.29, 1.82) is 0 Å². The van der Waals surface area contributed by atoms with Gasteiger partial charge in [-0.05, 0) is 24.3 Å². The zero-order valence-electron chi connectivity index (χ0n) is 24.4. The van der Waals surface area contributed by atoms with E-state index < -0.39 is 0 Å². The van der Waals surface area contributed by atoms with Crippen LogP contribution in [0, 0.1) is 0 Å². The lowest BCUT2D eigenvalue weighted by Crippen LogP contribution is -2.15. The molecule has 0 saturated carbocycles. The molecule has 0 aliphatic rings. The molecule has 1 N–H and O–H groups in total. The molecule has 0 heterocycles. The quantitative estimate of drug-likeness (QED) is 0.108. The summed E-state index contributed by atoms with van der Waals surface area (Å²) in [5.41, 5.74) is 0.729. The van der Waals surface area contributed by atoms with Gasteiger partial charge in [0.1, 0.15) is 19.0 Å². The van der Waals surface area contributed by atoms with Crippen LogP contribution >= 0.6 is 0 Å². The van der Waals surface area contributed by atoms with E-state index >= 15 is 0 Å². The Morgan fingerprint density at radius 3 is 1.12 bits per heavy atom. The van der Waals surface area contributed by atoms with Gasteiger partial charge in [0.15, 0.2) is 0 Å². The summed E-state index contributed by atoms with van der Waals surface area (Å²) < 4.78 is 53.6. The van der Waals surface area contributed by atoms with E-state index in [0.717, 1.165) is 5.69 Å². The molecule has 0 atom stereocenters. The number of benzene rings is 1. The predicted molar refractivity (Wildman–Crippen MR) is 149 cm³/mol. The van der Waals surface area contributed by atoms with Gasteiger partial charge >= 0.3 is 5.97 Å². The van der Waals surface area contributed by atoms with E-state index in [1.807, 2.05) is 0 Å². The average Bonchev–Trinajstić information content (AvgIpc) is 2.95. The zero-order valence-corrected chi connectivity index (χ0v) is 24.4. The minimum absolute atomic E-state index is 0.110. The van der Waals surface area contributed by atoms with Crippen LogP contribution in [0.3, 0.4) is 0 Å². The van der Waals surface area contributed by atoms with Crippen molar-refractivity contribution >= 4 is 17.6 Å². The highest BCUT2D eigenvalue weighted by molar-refractivity contribution is 5.88. The highest BCUT2D eigenvalue weighted by Gasteiger charge is 1.99. The summed E-state index contributed by atoms with van der Waals surface area (Å²) in [4.78, 5) is 21.6. The van der Waals surface area contributed by atoms with Crippen LogP contribution in [-0.2, 0) is 52.2 Å². The second kappa shape index (κ2) is 27.8. The van der Waals surface area contributed by atoms with Crippen molar-refractivity contribution < 1.29 is 57.0 Å². The molecule has 0 radical (unpaired) electrons. The lowest BCUT2D eigenvalue weighted by Gasteiger charge is -2.09. The summed E-state index contributed by atoms with van der Waals surface area (Å²) >= 11 is 0. The molecule has 0 spiro atoms. The smallest absolute Gasteiger partial charge is 0.302 e. The maximum atomic E-state index is 11.0. The molecule has 0 saturated heterocycles. The molecule has 1 aromatic carbocycles.